The van der Waals surface area contributed by atoms with E-state index in [2.05, 4.69) is 12.2 Å². The molecular weight excluding hydrogens is 144 g/mol. The van der Waals surface area contributed by atoms with Crippen LogP contribution in [0, 0.1) is 0 Å². The van der Waals surface area contributed by atoms with Gasteiger partial charge in [-0.3, -0.25) is 0 Å². The highest BCUT2D eigenvalue weighted by molar-refractivity contribution is 5.65. The predicted octanol–water partition coefficient (Wildman–Crippen LogP) is 0.348. The highest BCUT2D eigenvalue weighted by atomic mass is 16.4. The summed E-state index contributed by atoms with van der Waals surface area (Å²) < 4.78 is 0. The van der Waals surface area contributed by atoms with E-state index >= 15 is 0 Å². The lowest BCUT2D eigenvalue weighted by molar-refractivity contribution is 0.128. The van der Waals surface area contributed by atoms with Crippen molar-refractivity contribution >= 4 is 6.09 Å². The van der Waals surface area contributed by atoms with E-state index in [1.54, 1.807) is 0 Å². The second-order valence-corrected chi connectivity index (χ2v) is 2.79. The smallest absolute Gasteiger partial charge is 0.407 e. The van der Waals surface area contributed by atoms with Gasteiger partial charge in [0.15, 0.2) is 0 Å². The summed E-state index contributed by atoms with van der Waals surface area (Å²) in [6.07, 6.45) is 0.189. The summed E-state index contributed by atoms with van der Waals surface area (Å²) in [4.78, 5) is 12.0. The summed E-state index contributed by atoms with van der Waals surface area (Å²) in [5.74, 6) is 0. The molecule has 1 amide bonds. The average molecular weight is 158 g/mol. The van der Waals surface area contributed by atoms with Crippen molar-refractivity contribution in [2.45, 2.75) is 19.4 Å². The summed E-state index contributed by atoms with van der Waals surface area (Å²) in [6.45, 7) is 4.09. The molecule has 1 heterocycles. The van der Waals surface area contributed by atoms with Crippen molar-refractivity contribution in [1.82, 2.24) is 10.2 Å². The molecule has 0 aromatic rings. The molecule has 0 radical (unpaired) electrons. The second kappa shape index (κ2) is 3.57. The van der Waals surface area contributed by atoms with Gasteiger partial charge in [0.05, 0.1) is 0 Å². The zero-order chi connectivity index (χ0) is 8.27. The van der Waals surface area contributed by atoms with Crippen molar-refractivity contribution in [2.75, 3.05) is 19.6 Å². The van der Waals surface area contributed by atoms with Crippen LogP contribution in [0.4, 0.5) is 4.79 Å². The first-order valence-electron chi connectivity index (χ1n) is 3.95. The highest BCUT2D eigenvalue weighted by Crippen LogP contribution is 2.01. The lowest BCUT2D eigenvalue weighted by atomic mass is 10.2. The molecule has 0 saturated carbocycles. The van der Waals surface area contributed by atoms with Gasteiger partial charge in [-0.2, -0.15) is 0 Å². The van der Waals surface area contributed by atoms with Gasteiger partial charge in [0.2, 0.25) is 0 Å². The first-order chi connectivity index (χ1) is 5.24. The van der Waals surface area contributed by atoms with Crippen LogP contribution in [0.25, 0.3) is 0 Å². The fourth-order valence-electron chi connectivity index (χ4n) is 1.27. The zero-order valence-corrected chi connectivity index (χ0v) is 6.71. The molecule has 4 nitrogen and oxygen atoms in total. The minimum Gasteiger partial charge on any atom is -0.465 e. The van der Waals surface area contributed by atoms with Crippen LogP contribution in [0.15, 0.2) is 0 Å². The summed E-state index contributed by atoms with van der Waals surface area (Å²) in [6, 6.07) is 0.347. The molecule has 2 N–H and O–H groups in total. The van der Waals surface area contributed by atoms with Crippen molar-refractivity contribution < 1.29 is 9.90 Å². The van der Waals surface area contributed by atoms with Crippen LogP contribution in [-0.4, -0.2) is 41.8 Å². The molecule has 11 heavy (non-hydrogen) atoms. The molecule has 4 heteroatoms. The summed E-state index contributed by atoms with van der Waals surface area (Å²) in [5.41, 5.74) is 0. The maximum Gasteiger partial charge on any atom is 0.407 e. The Morgan fingerprint density at radius 1 is 1.82 bits per heavy atom. The van der Waals surface area contributed by atoms with E-state index in [9.17, 15) is 4.79 Å². The molecule has 64 valence electrons. The van der Waals surface area contributed by atoms with E-state index in [1.807, 2.05) is 0 Å². The minimum atomic E-state index is -0.801. The van der Waals surface area contributed by atoms with E-state index in [0.717, 1.165) is 13.0 Å². The molecule has 1 fully saturated rings. The number of carboxylic acid groups (broad SMARTS) is 1. The molecule has 1 aliphatic heterocycles. The maximum atomic E-state index is 10.5. The lowest BCUT2D eigenvalue weighted by Crippen LogP contribution is -2.51. The maximum absolute atomic E-state index is 10.5. The molecule has 1 rings (SSSR count). The van der Waals surface area contributed by atoms with Gasteiger partial charge in [-0.25, -0.2) is 4.79 Å². The van der Waals surface area contributed by atoms with Crippen molar-refractivity contribution in [1.29, 1.82) is 0 Å². The Kier molecular flexibility index (Phi) is 2.70. The van der Waals surface area contributed by atoms with Crippen molar-refractivity contribution in [2.24, 2.45) is 0 Å². The molecule has 1 atom stereocenters. The number of nitrogens with one attached hydrogen (secondary N) is 1. The van der Waals surface area contributed by atoms with Gasteiger partial charge in [0, 0.05) is 25.7 Å². The quantitative estimate of drug-likeness (QED) is 0.579. The van der Waals surface area contributed by atoms with Gasteiger partial charge in [0.25, 0.3) is 0 Å². The Morgan fingerprint density at radius 3 is 3.09 bits per heavy atom. The largest absolute Gasteiger partial charge is 0.465 e. The van der Waals surface area contributed by atoms with Crippen molar-refractivity contribution in [3.8, 4) is 0 Å². The van der Waals surface area contributed by atoms with E-state index in [4.69, 9.17) is 5.11 Å². The van der Waals surface area contributed by atoms with Gasteiger partial charge in [-0.05, 0) is 6.42 Å². The normalized spacial score (nSPS) is 25.2. The SMILES string of the molecule is CCC1CN(C(=O)O)CCN1. The number of rotatable bonds is 1. The monoisotopic (exact) mass is 158 g/mol. The Labute approximate surface area is 66.2 Å². The number of nitrogens with zero attached hydrogens (tertiary/aromatic N) is 1. The van der Waals surface area contributed by atoms with Crippen molar-refractivity contribution in [3.05, 3.63) is 0 Å². The van der Waals surface area contributed by atoms with Gasteiger partial charge >= 0.3 is 6.09 Å². The van der Waals surface area contributed by atoms with Gasteiger partial charge in [0.1, 0.15) is 0 Å². The third-order valence-electron chi connectivity index (χ3n) is 2.02. The Morgan fingerprint density at radius 2 is 2.55 bits per heavy atom. The minimum absolute atomic E-state index is 0.347. The number of hydrogen-bond acceptors (Lipinski definition) is 2. The van der Waals surface area contributed by atoms with Crippen LogP contribution in [0.5, 0.6) is 0 Å². The van der Waals surface area contributed by atoms with Gasteiger partial charge in [-0.1, -0.05) is 6.92 Å². The standard InChI is InChI=1S/C7H14N2O2/c1-2-6-5-9(7(10)11)4-3-8-6/h6,8H,2-5H2,1H3,(H,10,11). The highest BCUT2D eigenvalue weighted by Gasteiger charge is 2.20. The first kappa shape index (κ1) is 8.33. The molecule has 1 unspecified atom stereocenters. The van der Waals surface area contributed by atoms with Crippen LogP contribution < -0.4 is 5.32 Å². The van der Waals surface area contributed by atoms with Crippen LogP contribution in [-0.2, 0) is 0 Å². The third kappa shape index (κ3) is 2.08. The Bertz CT molecular complexity index is 149. The van der Waals surface area contributed by atoms with Gasteiger partial charge in [-0.15, -0.1) is 0 Å². The van der Waals surface area contributed by atoms with Gasteiger partial charge < -0.3 is 15.3 Å². The molecule has 0 aliphatic carbocycles. The number of hydrogen-bond donors (Lipinski definition) is 2. The fourth-order valence-corrected chi connectivity index (χ4v) is 1.27. The van der Waals surface area contributed by atoms with Crippen LogP contribution in [0.1, 0.15) is 13.3 Å². The number of piperazine rings is 1. The molecule has 1 saturated heterocycles. The Balaban J connectivity index is 2.39. The van der Waals surface area contributed by atoms with E-state index in [1.165, 1.54) is 4.90 Å². The first-order valence-corrected chi connectivity index (χ1v) is 3.95. The third-order valence-corrected chi connectivity index (χ3v) is 2.02. The fraction of sp³-hybridized carbons (Fsp3) is 0.857. The zero-order valence-electron chi connectivity index (χ0n) is 6.71. The predicted molar refractivity (Wildman–Crippen MR) is 41.7 cm³/mol. The molecule has 0 aromatic carbocycles. The molecule has 0 spiro atoms. The molecule has 0 bridgehead atoms. The van der Waals surface area contributed by atoms with Crippen LogP contribution in [0.2, 0.25) is 0 Å². The van der Waals surface area contributed by atoms with Crippen molar-refractivity contribution in [3.63, 3.8) is 0 Å². The average Bonchev–Trinajstić information content (AvgIpc) is 2.05. The van der Waals surface area contributed by atoms with E-state index in [0.29, 0.717) is 19.1 Å². The second-order valence-electron chi connectivity index (χ2n) is 2.79. The molecule has 0 aromatic heterocycles. The molecular formula is C7H14N2O2. The lowest BCUT2D eigenvalue weighted by Gasteiger charge is -2.31. The van der Waals surface area contributed by atoms with Crippen LogP contribution >= 0.6 is 0 Å². The molecule has 1 aliphatic rings. The summed E-state index contributed by atoms with van der Waals surface area (Å²) in [7, 11) is 0. The number of carbonyl (C=O) groups is 1. The summed E-state index contributed by atoms with van der Waals surface area (Å²) >= 11 is 0. The Hall–Kier alpha value is -0.770. The van der Waals surface area contributed by atoms with E-state index < -0.39 is 6.09 Å². The van der Waals surface area contributed by atoms with E-state index in [-0.39, 0.29) is 0 Å². The number of amides is 1. The topological polar surface area (TPSA) is 52.6 Å². The van der Waals surface area contributed by atoms with Crippen LogP contribution in [0.3, 0.4) is 0 Å². The summed E-state index contributed by atoms with van der Waals surface area (Å²) in [5, 5.41) is 11.9.